The molecular formula is C19H22N2O4. The van der Waals surface area contributed by atoms with Gasteiger partial charge in [0, 0.05) is 32.6 Å². The number of methoxy groups -OCH3 is 1. The Morgan fingerprint density at radius 3 is 2.32 bits per heavy atom. The van der Waals surface area contributed by atoms with Crippen molar-refractivity contribution in [3.05, 3.63) is 54.0 Å². The maximum absolute atomic E-state index is 12.4. The Labute approximate surface area is 147 Å². The van der Waals surface area contributed by atoms with E-state index in [1.165, 1.54) is 6.26 Å². The fourth-order valence-electron chi connectivity index (χ4n) is 2.92. The molecule has 2 amide bonds. The number of nitrogens with zero attached hydrogens (tertiary/aromatic N) is 2. The van der Waals surface area contributed by atoms with Gasteiger partial charge in [-0.3, -0.25) is 9.59 Å². The second-order valence-electron chi connectivity index (χ2n) is 6.00. The minimum atomic E-state index is -0.115. The summed E-state index contributed by atoms with van der Waals surface area (Å²) in [6.07, 6.45) is 2.67. The number of carbonyl (C=O) groups excluding carboxylic acids is 2. The highest BCUT2D eigenvalue weighted by Gasteiger charge is 2.25. The van der Waals surface area contributed by atoms with Crippen molar-refractivity contribution < 1.29 is 18.7 Å². The summed E-state index contributed by atoms with van der Waals surface area (Å²) < 4.78 is 10.3. The van der Waals surface area contributed by atoms with Gasteiger partial charge in [-0.2, -0.15) is 0 Å². The van der Waals surface area contributed by atoms with Crippen molar-refractivity contribution in [2.75, 3.05) is 33.3 Å². The number of carbonyl (C=O) groups is 2. The largest absolute Gasteiger partial charge is 0.497 e. The molecule has 0 saturated carbocycles. The van der Waals surface area contributed by atoms with Crippen molar-refractivity contribution >= 4 is 11.8 Å². The minimum Gasteiger partial charge on any atom is -0.497 e. The first-order valence-electron chi connectivity index (χ1n) is 8.41. The van der Waals surface area contributed by atoms with Crippen molar-refractivity contribution in [1.82, 2.24) is 9.80 Å². The molecule has 0 radical (unpaired) electrons. The average Bonchev–Trinajstić information content (AvgIpc) is 3.21. The van der Waals surface area contributed by atoms with Crippen LogP contribution in [0.5, 0.6) is 5.75 Å². The van der Waals surface area contributed by atoms with Crippen molar-refractivity contribution in [2.45, 2.75) is 12.8 Å². The van der Waals surface area contributed by atoms with Gasteiger partial charge in [0.05, 0.1) is 13.4 Å². The summed E-state index contributed by atoms with van der Waals surface area (Å²) in [6, 6.07) is 11.1. The van der Waals surface area contributed by atoms with Crippen molar-refractivity contribution in [2.24, 2.45) is 0 Å². The van der Waals surface area contributed by atoms with E-state index in [1.807, 2.05) is 29.2 Å². The number of aryl methyl sites for hydroxylation is 1. The van der Waals surface area contributed by atoms with Crippen LogP contribution in [0.15, 0.2) is 47.1 Å². The van der Waals surface area contributed by atoms with Gasteiger partial charge in [0.25, 0.3) is 5.91 Å². The molecule has 0 unspecified atom stereocenters. The van der Waals surface area contributed by atoms with Crippen LogP contribution in [-0.2, 0) is 11.2 Å². The molecule has 25 heavy (non-hydrogen) atoms. The quantitative estimate of drug-likeness (QED) is 0.836. The highest BCUT2D eigenvalue weighted by Crippen LogP contribution is 2.14. The molecular weight excluding hydrogens is 320 g/mol. The molecule has 0 aliphatic carbocycles. The van der Waals surface area contributed by atoms with E-state index in [4.69, 9.17) is 9.15 Å². The number of furan rings is 1. The first-order valence-corrected chi connectivity index (χ1v) is 8.41. The Kier molecular flexibility index (Phi) is 5.38. The molecule has 2 heterocycles. The first kappa shape index (κ1) is 17.1. The maximum atomic E-state index is 12.4. The van der Waals surface area contributed by atoms with Gasteiger partial charge in [-0.05, 0) is 36.2 Å². The average molecular weight is 342 g/mol. The Bertz CT molecular complexity index is 702. The van der Waals surface area contributed by atoms with E-state index >= 15 is 0 Å². The number of amides is 2. The van der Waals surface area contributed by atoms with Crippen LogP contribution >= 0.6 is 0 Å². The number of rotatable bonds is 5. The fourth-order valence-corrected chi connectivity index (χ4v) is 2.92. The van der Waals surface area contributed by atoms with Gasteiger partial charge < -0.3 is 19.0 Å². The zero-order chi connectivity index (χ0) is 17.6. The van der Waals surface area contributed by atoms with Crippen LogP contribution in [0.3, 0.4) is 0 Å². The molecule has 1 aromatic heterocycles. The third kappa shape index (κ3) is 4.21. The molecule has 6 heteroatoms. The predicted molar refractivity (Wildman–Crippen MR) is 92.5 cm³/mol. The Hall–Kier alpha value is -2.76. The minimum absolute atomic E-state index is 0.115. The monoisotopic (exact) mass is 342 g/mol. The zero-order valence-electron chi connectivity index (χ0n) is 14.3. The summed E-state index contributed by atoms with van der Waals surface area (Å²) in [5.41, 5.74) is 1.11. The van der Waals surface area contributed by atoms with Crippen LogP contribution in [0.25, 0.3) is 0 Å². The van der Waals surface area contributed by atoms with Crippen LogP contribution in [0.4, 0.5) is 0 Å². The summed E-state index contributed by atoms with van der Waals surface area (Å²) in [5, 5.41) is 0. The normalized spacial score (nSPS) is 14.4. The fraction of sp³-hybridized carbons (Fsp3) is 0.368. The van der Waals surface area contributed by atoms with E-state index in [9.17, 15) is 9.59 Å². The molecule has 3 rings (SSSR count). The summed E-state index contributed by atoms with van der Waals surface area (Å²) in [4.78, 5) is 28.2. The van der Waals surface area contributed by atoms with Gasteiger partial charge in [0.2, 0.25) is 5.91 Å². The first-order chi connectivity index (χ1) is 12.2. The third-order valence-electron chi connectivity index (χ3n) is 4.44. The summed E-state index contributed by atoms with van der Waals surface area (Å²) in [5.74, 6) is 1.17. The third-order valence-corrected chi connectivity index (χ3v) is 4.44. The Morgan fingerprint density at radius 2 is 1.72 bits per heavy atom. The molecule has 0 N–H and O–H groups in total. The molecule has 6 nitrogen and oxygen atoms in total. The maximum Gasteiger partial charge on any atom is 0.289 e. The smallest absolute Gasteiger partial charge is 0.289 e. The van der Waals surface area contributed by atoms with Crippen LogP contribution in [0.1, 0.15) is 22.5 Å². The van der Waals surface area contributed by atoms with Gasteiger partial charge in [-0.25, -0.2) is 0 Å². The molecule has 0 atom stereocenters. The Balaban J connectivity index is 1.45. The molecule has 1 fully saturated rings. The highest BCUT2D eigenvalue weighted by atomic mass is 16.5. The van der Waals surface area contributed by atoms with Crippen molar-refractivity contribution in [3.63, 3.8) is 0 Å². The molecule has 1 aliphatic heterocycles. The number of ether oxygens (including phenoxy) is 1. The van der Waals surface area contributed by atoms with Gasteiger partial charge in [0.15, 0.2) is 5.76 Å². The molecule has 1 saturated heterocycles. The van der Waals surface area contributed by atoms with Crippen molar-refractivity contribution in [1.29, 1.82) is 0 Å². The lowest BCUT2D eigenvalue weighted by Crippen LogP contribution is -2.50. The summed E-state index contributed by atoms with van der Waals surface area (Å²) in [6.45, 7) is 2.20. The topological polar surface area (TPSA) is 63.0 Å². The number of hydrogen-bond acceptors (Lipinski definition) is 4. The van der Waals surface area contributed by atoms with Gasteiger partial charge >= 0.3 is 0 Å². The molecule has 0 bridgehead atoms. The van der Waals surface area contributed by atoms with Crippen LogP contribution < -0.4 is 4.74 Å². The van der Waals surface area contributed by atoms with Crippen molar-refractivity contribution in [3.8, 4) is 5.75 Å². The number of hydrogen-bond donors (Lipinski definition) is 0. The van der Waals surface area contributed by atoms with Gasteiger partial charge in [-0.1, -0.05) is 12.1 Å². The zero-order valence-corrected chi connectivity index (χ0v) is 14.3. The van der Waals surface area contributed by atoms with E-state index in [-0.39, 0.29) is 11.8 Å². The van der Waals surface area contributed by atoms with E-state index in [0.717, 1.165) is 11.3 Å². The van der Waals surface area contributed by atoms with E-state index < -0.39 is 0 Å². The lowest BCUT2D eigenvalue weighted by molar-refractivity contribution is -0.132. The van der Waals surface area contributed by atoms with Gasteiger partial charge in [-0.15, -0.1) is 0 Å². The highest BCUT2D eigenvalue weighted by molar-refractivity contribution is 5.91. The number of benzene rings is 1. The van der Waals surface area contributed by atoms with Crippen LogP contribution in [0.2, 0.25) is 0 Å². The van der Waals surface area contributed by atoms with E-state index in [1.54, 1.807) is 24.1 Å². The summed E-state index contributed by atoms with van der Waals surface area (Å²) >= 11 is 0. The molecule has 0 spiro atoms. The SMILES string of the molecule is COc1ccc(CCC(=O)N2CCN(C(=O)c3ccco3)CC2)cc1. The molecule has 1 aliphatic rings. The number of piperazine rings is 1. The molecule has 132 valence electrons. The summed E-state index contributed by atoms with van der Waals surface area (Å²) in [7, 11) is 1.63. The van der Waals surface area contributed by atoms with Gasteiger partial charge in [0.1, 0.15) is 5.75 Å². The standard InChI is InChI=1S/C19H22N2O4/c1-24-16-7-4-15(5-8-16)6-9-18(22)20-10-12-21(13-11-20)19(23)17-3-2-14-25-17/h2-5,7-8,14H,6,9-13H2,1H3. The second-order valence-corrected chi connectivity index (χ2v) is 6.00. The molecule has 1 aromatic carbocycles. The van der Waals surface area contributed by atoms with Crippen LogP contribution in [-0.4, -0.2) is 54.9 Å². The van der Waals surface area contributed by atoms with E-state index in [0.29, 0.717) is 44.8 Å². The molecule has 2 aromatic rings. The Morgan fingerprint density at radius 1 is 1.04 bits per heavy atom. The predicted octanol–water partition coefficient (Wildman–Crippen LogP) is 2.21. The lowest BCUT2D eigenvalue weighted by Gasteiger charge is -2.34. The van der Waals surface area contributed by atoms with Crippen LogP contribution in [0, 0.1) is 0 Å². The second kappa shape index (κ2) is 7.88. The van der Waals surface area contributed by atoms with E-state index in [2.05, 4.69) is 0 Å². The lowest BCUT2D eigenvalue weighted by atomic mass is 10.1.